The molecule has 1 aliphatic rings. The lowest BCUT2D eigenvalue weighted by Crippen LogP contribution is -2.57. The normalized spacial score (nSPS) is 23.1. The summed E-state index contributed by atoms with van der Waals surface area (Å²) < 4.78 is 0.745. The Morgan fingerprint density at radius 2 is 1.43 bits per heavy atom. The monoisotopic (exact) mass is 393 g/mol. The second-order valence-electron chi connectivity index (χ2n) is 8.77. The quantitative estimate of drug-likeness (QED) is 0.152. The molecule has 3 heteroatoms. The van der Waals surface area contributed by atoms with Gasteiger partial charge in [-0.3, -0.25) is 4.48 Å². The van der Waals surface area contributed by atoms with Crippen LogP contribution in [0.5, 0.6) is 0 Å². The zero-order chi connectivity index (χ0) is 20.5. The molecule has 1 N–H and O–H groups in total. The summed E-state index contributed by atoms with van der Waals surface area (Å²) in [5.74, 6) is 0. The van der Waals surface area contributed by atoms with Crippen molar-refractivity contribution in [3.05, 3.63) is 12.2 Å². The first-order chi connectivity index (χ1) is 13.7. The van der Waals surface area contributed by atoms with Crippen LogP contribution in [0.25, 0.3) is 0 Å². The van der Waals surface area contributed by atoms with Crippen LogP contribution in [0.3, 0.4) is 0 Å². The smallest absolute Gasteiger partial charge is 0.189 e. The van der Waals surface area contributed by atoms with Gasteiger partial charge in [0.1, 0.15) is 6.54 Å². The lowest BCUT2D eigenvalue weighted by Gasteiger charge is -2.40. The standard InChI is InChI=1S/C25H49N2O/c1-4-6-7-8-9-10-11-12-13-14-15-16-17-18-19-20-21-25-26-22-23-27(25,5-2)24(3)28/h8-9,22,24-25,28H,4-7,10-21,23H2,1-3H3/q+1/b9-8+. The maximum Gasteiger partial charge on any atom is 0.189 e. The van der Waals surface area contributed by atoms with Crippen LogP contribution in [0.2, 0.25) is 0 Å². The van der Waals surface area contributed by atoms with Crippen LogP contribution in [-0.4, -0.2) is 41.3 Å². The van der Waals surface area contributed by atoms with Crippen molar-refractivity contribution in [1.29, 1.82) is 0 Å². The summed E-state index contributed by atoms with van der Waals surface area (Å²) in [6, 6.07) is 0. The van der Waals surface area contributed by atoms with E-state index in [1.165, 1.54) is 89.9 Å². The maximum atomic E-state index is 10.2. The molecule has 0 spiro atoms. The van der Waals surface area contributed by atoms with Crippen LogP contribution >= 0.6 is 0 Å². The molecule has 1 aliphatic heterocycles. The number of hydrogen-bond donors (Lipinski definition) is 1. The van der Waals surface area contributed by atoms with Crippen molar-refractivity contribution in [2.24, 2.45) is 4.99 Å². The summed E-state index contributed by atoms with van der Waals surface area (Å²) in [7, 11) is 0. The highest BCUT2D eigenvalue weighted by Crippen LogP contribution is 2.26. The van der Waals surface area contributed by atoms with Gasteiger partial charge in [-0.1, -0.05) is 83.3 Å². The number of unbranched alkanes of at least 4 members (excludes halogenated alkanes) is 12. The molecular weight excluding hydrogens is 344 g/mol. The fourth-order valence-electron chi connectivity index (χ4n) is 4.47. The van der Waals surface area contributed by atoms with Gasteiger partial charge in [0.2, 0.25) is 0 Å². The Morgan fingerprint density at radius 3 is 1.96 bits per heavy atom. The highest BCUT2D eigenvalue weighted by atomic mass is 16.3. The first kappa shape index (κ1) is 25.4. The van der Waals surface area contributed by atoms with Crippen LogP contribution in [-0.2, 0) is 0 Å². The van der Waals surface area contributed by atoms with E-state index in [0.717, 1.165) is 24.0 Å². The average Bonchev–Trinajstić information content (AvgIpc) is 3.12. The molecule has 0 amide bonds. The minimum Gasteiger partial charge on any atom is -0.345 e. The van der Waals surface area contributed by atoms with E-state index in [2.05, 4.69) is 31.0 Å². The number of aliphatic imine (C=N–C) groups is 1. The molecule has 0 aromatic heterocycles. The molecule has 1 heterocycles. The van der Waals surface area contributed by atoms with Gasteiger partial charge in [0.25, 0.3) is 0 Å². The summed E-state index contributed by atoms with van der Waals surface area (Å²) in [6.07, 6.45) is 26.8. The summed E-state index contributed by atoms with van der Waals surface area (Å²) in [5.41, 5.74) is 0. The third kappa shape index (κ3) is 9.69. The number of allylic oxidation sites excluding steroid dienone is 2. The van der Waals surface area contributed by atoms with Gasteiger partial charge in [0.15, 0.2) is 12.4 Å². The van der Waals surface area contributed by atoms with Gasteiger partial charge < -0.3 is 5.11 Å². The van der Waals surface area contributed by atoms with Crippen molar-refractivity contribution in [2.45, 2.75) is 129 Å². The largest absolute Gasteiger partial charge is 0.345 e. The zero-order valence-electron chi connectivity index (χ0n) is 19.2. The van der Waals surface area contributed by atoms with E-state index in [1.54, 1.807) is 0 Å². The SMILES string of the molecule is CCCC/C=C/CCCCCCCCCCCCC1N=CC[N+]1(CC)C(C)O. The lowest BCUT2D eigenvalue weighted by atomic mass is 10.0. The Balaban J connectivity index is 1.89. The van der Waals surface area contributed by atoms with E-state index in [4.69, 9.17) is 0 Å². The molecule has 0 saturated heterocycles. The van der Waals surface area contributed by atoms with E-state index in [-0.39, 0.29) is 12.4 Å². The number of hydrogen-bond acceptors (Lipinski definition) is 2. The second-order valence-corrected chi connectivity index (χ2v) is 8.77. The van der Waals surface area contributed by atoms with Crippen LogP contribution in [0, 0.1) is 0 Å². The Labute approximate surface area is 175 Å². The highest BCUT2D eigenvalue weighted by Gasteiger charge is 2.41. The van der Waals surface area contributed by atoms with E-state index >= 15 is 0 Å². The molecule has 28 heavy (non-hydrogen) atoms. The molecule has 3 nitrogen and oxygen atoms in total. The third-order valence-electron chi connectivity index (χ3n) is 6.60. The van der Waals surface area contributed by atoms with Gasteiger partial charge in [-0.15, -0.1) is 0 Å². The van der Waals surface area contributed by atoms with E-state index in [1.807, 2.05) is 13.1 Å². The molecule has 0 saturated carbocycles. The summed E-state index contributed by atoms with van der Waals surface area (Å²) in [4.78, 5) is 4.67. The van der Waals surface area contributed by atoms with Crippen LogP contribution in [0.1, 0.15) is 117 Å². The summed E-state index contributed by atoms with van der Waals surface area (Å²) in [6.45, 7) is 8.23. The van der Waals surface area contributed by atoms with Gasteiger partial charge in [0, 0.05) is 13.3 Å². The lowest BCUT2D eigenvalue weighted by molar-refractivity contribution is -0.976. The number of rotatable bonds is 18. The Kier molecular flexibility index (Phi) is 14.6. The first-order valence-corrected chi connectivity index (χ1v) is 12.4. The predicted molar refractivity (Wildman–Crippen MR) is 124 cm³/mol. The molecular formula is C25H49N2O+. The van der Waals surface area contributed by atoms with Crippen molar-refractivity contribution in [3.8, 4) is 0 Å². The van der Waals surface area contributed by atoms with Crippen LogP contribution < -0.4 is 0 Å². The zero-order valence-corrected chi connectivity index (χ0v) is 19.2. The van der Waals surface area contributed by atoms with Gasteiger partial charge in [-0.2, -0.15) is 0 Å². The Bertz CT molecular complexity index is 419. The van der Waals surface area contributed by atoms with Gasteiger partial charge in [0.05, 0.1) is 12.8 Å². The van der Waals surface area contributed by atoms with Crippen molar-refractivity contribution in [3.63, 3.8) is 0 Å². The number of aliphatic hydroxyl groups excluding tert-OH is 1. The fraction of sp³-hybridized carbons (Fsp3) is 0.880. The molecule has 0 radical (unpaired) electrons. The first-order valence-electron chi connectivity index (χ1n) is 12.4. The summed E-state index contributed by atoms with van der Waals surface area (Å²) in [5, 5.41) is 10.2. The van der Waals surface area contributed by atoms with E-state index in [9.17, 15) is 5.11 Å². The predicted octanol–water partition coefficient (Wildman–Crippen LogP) is 7.00. The molecule has 0 fully saturated rings. The molecule has 0 aliphatic carbocycles. The molecule has 3 atom stereocenters. The fourth-order valence-corrected chi connectivity index (χ4v) is 4.47. The summed E-state index contributed by atoms with van der Waals surface area (Å²) >= 11 is 0. The van der Waals surface area contributed by atoms with Crippen molar-refractivity contribution in [1.82, 2.24) is 0 Å². The molecule has 164 valence electrons. The highest BCUT2D eigenvalue weighted by molar-refractivity contribution is 5.60. The minimum atomic E-state index is -0.311. The van der Waals surface area contributed by atoms with E-state index < -0.39 is 0 Å². The van der Waals surface area contributed by atoms with Crippen LogP contribution in [0.15, 0.2) is 17.1 Å². The maximum absolute atomic E-state index is 10.2. The average molecular weight is 394 g/mol. The Hall–Kier alpha value is -0.670. The van der Waals surface area contributed by atoms with Gasteiger partial charge >= 0.3 is 0 Å². The molecule has 0 aromatic carbocycles. The topological polar surface area (TPSA) is 32.6 Å². The van der Waals surface area contributed by atoms with Crippen LogP contribution in [0.4, 0.5) is 0 Å². The number of nitrogens with zero attached hydrogens (tertiary/aromatic N) is 2. The molecule has 0 bridgehead atoms. The van der Waals surface area contributed by atoms with Gasteiger partial charge in [-0.05, 0) is 32.6 Å². The second kappa shape index (κ2) is 16.2. The molecule has 3 unspecified atom stereocenters. The van der Waals surface area contributed by atoms with E-state index in [0.29, 0.717) is 0 Å². The van der Waals surface area contributed by atoms with Crippen molar-refractivity contribution < 1.29 is 9.59 Å². The van der Waals surface area contributed by atoms with Gasteiger partial charge in [-0.25, -0.2) is 4.99 Å². The number of aliphatic hydroxyl groups is 1. The number of quaternary nitrogens is 1. The molecule has 1 rings (SSSR count). The Morgan fingerprint density at radius 1 is 0.893 bits per heavy atom. The molecule has 0 aromatic rings. The minimum absolute atomic E-state index is 0.284. The third-order valence-corrected chi connectivity index (χ3v) is 6.60. The van der Waals surface area contributed by atoms with Crippen molar-refractivity contribution in [2.75, 3.05) is 13.1 Å². The van der Waals surface area contributed by atoms with Crippen molar-refractivity contribution >= 4 is 6.21 Å².